The zero-order valence-corrected chi connectivity index (χ0v) is 18.9. The van der Waals surface area contributed by atoms with Crippen LogP contribution in [0.15, 0.2) is 40.2 Å². The lowest BCUT2D eigenvalue weighted by molar-refractivity contribution is 0.306. The molecule has 12 heteroatoms. The third-order valence-electron chi connectivity index (χ3n) is 4.98. The van der Waals surface area contributed by atoms with Crippen LogP contribution in [0.25, 0.3) is 4.96 Å². The minimum absolute atomic E-state index is 0.0134. The standard InChI is InChI=1S/C18H22N6O3S3/c1-3-6-24-16(13-5-4-7-22(11-13)30(2,26)27)20-21-18(24)29-12-14-10-15(25)23-8-9-28-17(23)19-14/h3,8-10,13H,1,4-7,11-12H2,2H3/t13-/m0/s1. The molecule has 0 aromatic carbocycles. The van der Waals surface area contributed by atoms with E-state index in [1.54, 1.807) is 12.3 Å². The Bertz CT molecular complexity index is 1230. The van der Waals surface area contributed by atoms with Gasteiger partial charge >= 0.3 is 0 Å². The smallest absolute Gasteiger partial charge is 0.258 e. The van der Waals surface area contributed by atoms with Crippen LogP contribution in [0.5, 0.6) is 0 Å². The molecule has 4 rings (SSSR count). The van der Waals surface area contributed by atoms with Crippen LogP contribution in [0, 0.1) is 0 Å². The van der Waals surface area contributed by atoms with Gasteiger partial charge < -0.3 is 4.57 Å². The molecule has 0 bridgehead atoms. The molecule has 30 heavy (non-hydrogen) atoms. The van der Waals surface area contributed by atoms with Crippen LogP contribution in [0.2, 0.25) is 0 Å². The number of sulfonamides is 1. The van der Waals surface area contributed by atoms with E-state index in [4.69, 9.17) is 0 Å². The number of rotatable bonds is 7. The predicted octanol–water partition coefficient (Wildman–Crippen LogP) is 1.96. The largest absolute Gasteiger partial charge is 0.302 e. The molecule has 3 aromatic rings. The first-order valence-electron chi connectivity index (χ1n) is 9.44. The average Bonchev–Trinajstić information content (AvgIpc) is 3.33. The molecule has 0 radical (unpaired) electrons. The molecule has 1 saturated heterocycles. The number of piperidine rings is 1. The minimum atomic E-state index is -3.24. The van der Waals surface area contributed by atoms with Crippen molar-refractivity contribution in [3.05, 3.63) is 52.2 Å². The van der Waals surface area contributed by atoms with Crippen LogP contribution >= 0.6 is 23.1 Å². The third-order valence-corrected chi connectivity index (χ3v) is 8.01. The van der Waals surface area contributed by atoms with Gasteiger partial charge in [-0.2, -0.15) is 0 Å². The molecule has 9 nitrogen and oxygen atoms in total. The Morgan fingerprint density at radius 2 is 2.23 bits per heavy atom. The number of thiazole rings is 1. The molecule has 4 heterocycles. The number of aromatic nitrogens is 5. The Kier molecular flexibility index (Phi) is 6.09. The van der Waals surface area contributed by atoms with Crippen molar-refractivity contribution in [2.45, 2.75) is 36.2 Å². The summed E-state index contributed by atoms with van der Waals surface area (Å²) in [6.45, 7) is 5.31. The fraction of sp³-hybridized carbons (Fsp3) is 0.444. The maximum Gasteiger partial charge on any atom is 0.258 e. The quantitative estimate of drug-likeness (QED) is 0.387. The Hall–Kier alpha value is -2.02. The summed E-state index contributed by atoms with van der Waals surface area (Å²) in [5, 5.41) is 11.3. The lowest BCUT2D eigenvalue weighted by Gasteiger charge is -2.30. The van der Waals surface area contributed by atoms with Gasteiger partial charge in [0, 0.05) is 48.9 Å². The third kappa shape index (κ3) is 4.36. The number of fused-ring (bicyclic) bond motifs is 1. The van der Waals surface area contributed by atoms with Crippen molar-refractivity contribution in [1.29, 1.82) is 0 Å². The van der Waals surface area contributed by atoms with Gasteiger partial charge in [0.1, 0.15) is 5.82 Å². The number of thioether (sulfide) groups is 1. The van der Waals surface area contributed by atoms with Crippen LogP contribution < -0.4 is 5.56 Å². The van der Waals surface area contributed by atoms with E-state index in [-0.39, 0.29) is 11.5 Å². The molecular formula is C18H22N6O3S3. The maximum absolute atomic E-state index is 12.2. The highest BCUT2D eigenvalue weighted by molar-refractivity contribution is 7.98. The van der Waals surface area contributed by atoms with E-state index in [1.165, 1.54) is 44.1 Å². The zero-order chi connectivity index (χ0) is 21.3. The van der Waals surface area contributed by atoms with Crippen molar-refractivity contribution in [2.75, 3.05) is 19.3 Å². The molecule has 160 valence electrons. The van der Waals surface area contributed by atoms with Gasteiger partial charge in [-0.15, -0.1) is 28.1 Å². The Morgan fingerprint density at radius 3 is 3.00 bits per heavy atom. The Morgan fingerprint density at radius 1 is 1.40 bits per heavy atom. The van der Waals surface area contributed by atoms with Gasteiger partial charge in [-0.25, -0.2) is 17.7 Å². The summed E-state index contributed by atoms with van der Waals surface area (Å²) in [7, 11) is -3.24. The van der Waals surface area contributed by atoms with E-state index < -0.39 is 10.0 Å². The fourth-order valence-electron chi connectivity index (χ4n) is 3.56. The van der Waals surface area contributed by atoms with E-state index in [9.17, 15) is 13.2 Å². The number of allylic oxidation sites excluding steroid dienone is 1. The van der Waals surface area contributed by atoms with Crippen LogP contribution in [-0.2, 0) is 22.3 Å². The van der Waals surface area contributed by atoms with Gasteiger partial charge in [-0.3, -0.25) is 9.20 Å². The SMILES string of the molecule is C=CCn1c(SCc2cc(=O)n3ccsc3n2)nnc1[C@H]1CCCN(S(C)(=O)=O)C1. The van der Waals surface area contributed by atoms with E-state index >= 15 is 0 Å². The molecule has 0 amide bonds. The van der Waals surface area contributed by atoms with E-state index in [0.29, 0.717) is 41.2 Å². The van der Waals surface area contributed by atoms with Crippen LogP contribution in [0.4, 0.5) is 0 Å². The average molecular weight is 467 g/mol. The second kappa shape index (κ2) is 8.61. The van der Waals surface area contributed by atoms with Crippen molar-refractivity contribution in [1.82, 2.24) is 28.5 Å². The second-order valence-electron chi connectivity index (χ2n) is 7.13. The summed E-state index contributed by atoms with van der Waals surface area (Å²) >= 11 is 2.87. The van der Waals surface area contributed by atoms with Crippen molar-refractivity contribution in [2.24, 2.45) is 0 Å². The second-order valence-corrected chi connectivity index (χ2v) is 10.9. The van der Waals surface area contributed by atoms with Crippen LogP contribution in [0.3, 0.4) is 0 Å². The van der Waals surface area contributed by atoms with E-state index in [2.05, 4.69) is 21.8 Å². The highest BCUT2D eigenvalue weighted by Gasteiger charge is 2.30. The summed E-state index contributed by atoms with van der Waals surface area (Å²) in [5.41, 5.74) is 0.580. The molecule has 0 spiro atoms. The van der Waals surface area contributed by atoms with Gasteiger partial charge in [-0.05, 0) is 12.8 Å². The first kappa shape index (κ1) is 21.2. The van der Waals surface area contributed by atoms with Gasteiger partial charge in [0.15, 0.2) is 10.1 Å². The van der Waals surface area contributed by atoms with Gasteiger partial charge in [0.25, 0.3) is 5.56 Å². The van der Waals surface area contributed by atoms with Crippen molar-refractivity contribution in [3.8, 4) is 0 Å². The molecule has 3 aromatic heterocycles. The summed E-state index contributed by atoms with van der Waals surface area (Å²) in [5.74, 6) is 1.24. The lowest BCUT2D eigenvalue weighted by atomic mass is 9.99. The molecule has 0 N–H and O–H groups in total. The number of hydrogen-bond acceptors (Lipinski definition) is 8. The monoisotopic (exact) mass is 466 g/mol. The molecule has 0 unspecified atom stereocenters. The van der Waals surface area contributed by atoms with E-state index in [0.717, 1.165) is 18.7 Å². The first-order chi connectivity index (χ1) is 14.4. The summed E-state index contributed by atoms with van der Waals surface area (Å²) in [6.07, 6.45) is 6.37. The van der Waals surface area contributed by atoms with Crippen LogP contribution in [0.1, 0.15) is 30.3 Å². The van der Waals surface area contributed by atoms with Crippen molar-refractivity contribution < 1.29 is 8.42 Å². The molecule has 0 aliphatic carbocycles. The molecule has 1 atom stereocenters. The van der Waals surface area contributed by atoms with Crippen molar-refractivity contribution in [3.63, 3.8) is 0 Å². The highest BCUT2D eigenvalue weighted by Crippen LogP contribution is 2.30. The molecule has 1 aliphatic heterocycles. The normalized spacial score (nSPS) is 18.1. The van der Waals surface area contributed by atoms with E-state index in [1.807, 2.05) is 9.95 Å². The maximum atomic E-state index is 12.2. The topological polar surface area (TPSA) is 102 Å². The summed E-state index contributed by atoms with van der Waals surface area (Å²) < 4.78 is 28.9. The molecule has 1 fully saturated rings. The molecule has 0 saturated carbocycles. The van der Waals surface area contributed by atoms with Crippen molar-refractivity contribution >= 4 is 38.1 Å². The molecular weight excluding hydrogens is 444 g/mol. The number of nitrogens with zero attached hydrogens (tertiary/aromatic N) is 6. The van der Waals surface area contributed by atoms with Crippen LogP contribution in [-0.4, -0.2) is 56.2 Å². The minimum Gasteiger partial charge on any atom is -0.302 e. The number of hydrogen-bond donors (Lipinski definition) is 0. The highest BCUT2D eigenvalue weighted by atomic mass is 32.2. The van der Waals surface area contributed by atoms with Gasteiger partial charge in [0.2, 0.25) is 10.0 Å². The van der Waals surface area contributed by atoms with Gasteiger partial charge in [-0.1, -0.05) is 17.8 Å². The first-order valence-corrected chi connectivity index (χ1v) is 13.2. The fourth-order valence-corrected chi connectivity index (χ4v) is 6.06. The Balaban J connectivity index is 1.56. The summed E-state index contributed by atoms with van der Waals surface area (Å²) in [6, 6.07) is 1.53. The summed E-state index contributed by atoms with van der Waals surface area (Å²) in [4.78, 5) is 17.4. The predicted molar refractivity (Wildman–Crippen MR) is 118 cm³/mol. The lowest BCUT2D eigenvalue weighted by Crippen LogP contribution is -2.39. The Labute approximate surface area is 182 Å². The zero-order valence-electron chi connectivity index (χ0n) is 16.5. The van der Waals surface area contributed by atoms with Gasteiger partial charge in [0.05, 0.1) is 11.9 Å². The molecule has 1 aliphatic rings.